The molecule has 6 N–H and O–H groups in total. The van der Waals surface area contributed by atoms with E-state index >= 15 is 0 Å². The summed E-state index contributed by atoms with van der Waals surface area (Å²) in [6.45, 7) is 0.197. The number of halogens is 2. The van der Waals surface area contributed by atoms with Crippen LogP contribution in [0, 0.1) is 0 Å². The van der Waals surface area contributed by atoms with E-state index in [1.165, 1.54) is 24.3 Å². The summed E-state index contributed by atoms with van der Waals surface area (Å²) in [5, 5.41) is 44.3. The molecule has 0 heterocycles. The zero-order valence-corrected chi connectivity index (χ0v) is 19.8. The Labute approximate surface area is 196 Å². The Morgan fingerprint density at radius 2 is 1.14 bits per heavy atom. The first-order valence-corrected chi connectivity index (χ1v) is 9.68. The van der Waals surface area contributed by atoms with Crippen molar-refractivity contribution >= 4 is 43.8 Å². The Balaban J connectivity index is 0.00000420. The number of hydrogen-bond acceptors (Lipinski definition) is 6. The van der Waals surface area contributed by atoms with E-state index in [-0.39, 0.29) is 55.8 Å². The summed E-state index contributed by atoms with van der Waals surface area (Å²) in [6, 6.07) is 6.56. The third-order valence-corrected chi connectivity index (χ3v) is 4.90. The maximum absolute atomic E-state index is 11.6. The molecule has 8 nitrogen and oxygen atoms in total. The van der Waals surface area contributed by atoms with Gasteiger partial charge < -0.3 is 20.4 Å². The van der Waals surface area contributed by atoms with Crippen molar-refractivity contribution < 1.29 is 50.1 Å². The fraction of sp³-hybridized carbons (Fsp3) is 0.222. The van der Waals surface area contributed by atoms with Crippen LogP contribution in [0.15, 0.2) is 45.3 Å². The average molecular weight is 617 g/mol. The number of aliphatic carboxylic acids is 2. The van der Waals surface area contributed by atoms with Crippen molar-refractivity contribution in [3.8, 4) is 11.5 Å². The van der Waals surface area contributed by atoms with Crippen LogP contribution in [0.3, 0.4) is 0 Å². The van der Waals surface area contributed by atoms with E-state index in [9.17, 15) is 30.0 Å². The number of carbonyl (C=O) groups is 2. The Morgan fingerprint density at radius 1 is 0.793 bits per heavy atom. The van der Waals surface area contributed by atoms with Crippen LogP contribution in [0.2, 0.25) is 0 Å². The van der Waals surface area contributed by atoms with Crippen molar-refractivity contribution in [2.24, 2.45) is 0 Å². The van der Waals surface area contributed by atoms with E-state index in [2.05, 4.69) is 42.5 Å². The molecule has 0 amide bonds. The van der Waals surface area contributed by atoms with Crippen molar-refractivity contribution in [1.29, 1.82) is 0 Å². The largest absolute Gasteiger partial charge is 0.508 e. The van der Waals surface area contributed by atoms with Gasteiger partial charge in [-0.1, -0.05) is 31.9 Å². The van der Waals surface area contributed by atoms with Crippen LogP contribution in [-0.4, -0.2) is 45.5 Å². The number of phenols is 2. The van der Waals surface area contributed by atoms with E-state index in [1.54, 1.807) is 12.1 Å². The Kier molecular flexibility index (Phi) is 10.2. The first-order chi connectivity index (χ1) is 13.2. The molecule has 0 aliphatic heterocycles. The van der Waals surface area contributed by atoms with Gasteiger partial charge in [0.05, 0.1) is 0 Å². The van der Waals surface area contributed by atoms with Gasteiger partial charge in [-0.2, -0.15) is 0 Å². The first kappa shape index (κ1) is 25.5. The molecule has 11 heteroatoms. The predicted octanol–water partition coefficient (Wildman–Crippen LogP) is 2.75. The molecule has 0 spiro atoms. The summed E-state index contributed by atoms with van der Waals surface area (Å²) in [6.07, 6.45) is 0. The summed E-state index contributed by atoms with van der Waals surface area (Å²) < 4.78 is 1.23. The topological polar surface area (TPSA) is 139 Å². The fourth-order valence-electron chi connectivity index (χ4n) is 2.61. The summed E-state index contributed by atoms with van der Waals surface area (Å²) in [7, 11) is 0. The van der Waals surface area contributed by atoms with Gasteiger partial charge in [0.2, 0.25) is 0 Å². The Hall–Kier alpha value is -1.49. The van der Waals surface area contributed by atoms with Gasteiger partial charge in [0.1, 0.15) is 23.6 Å². The maximum Gasteiger partial charge on any atom is 0.325 e. The summed E-state index contributed by atoms with van der Waals surface area (Å²) in [4.78, 5) is 23.1. The van der Waals surface area contributed by atoms with Crippen LogP contribution in [0.4, 0.5) is 0 Å². The molecule has 2 rings (SSSR count). The molecule has 157 valence electrons. The Morgan fingerprint density at radius 3 is 1.45 bits per heavy atom. The number of phenolic OH excluding ortho intramolecular Hbond substituents is 2. The van der Waals surface area contributed by atoms with Crippen LogP contribution in [0.1, 0.15) is 23.2 Å². The maximum atomic E-state index is 11.6. The van der Waals surface area contributed by atoms with Crippen LogP contribution in [0.5, 0.6) is 11.5 Å². The third kappa shape index (κ3) is 7.06. The van der Waals surface area contributed by atoms with Crippen LogP contribution in [0.25, 0.3) is 0 Å². The molecule has 2 aromatic carbocycles. The summed E-state index contributed by atoms with van der Waals surface area (Å²) >= 11 is 6.46. The van der Waals surface area contributed by atoms with Crippen molar-refractivity contribution in [3.63, 3.8) is 0 Å². The normalized spacial score (nSPS) is 12.6. The van der Waals surface area contributed by atoms with E-state index in [4.69, 9.17) is 0 Å². The average Bonchev–Trinajstić information content (AvgIpc) is 2.62. The number of rotatable bonds is 9. The second-order valence-electron chi connectivity index (χ2n) is 5.86. The molecule has 0 aromatic heterocycles. The summed E-state index contributed by atoms with van der Waals surface area (Å²) in [5.74, 6) is -2.71. The zero-order valence-electron chi connectivity index (χ0n) is 14.8. The minimum atomic E-state index is -1.19. The monoisotopic (exact) mass is 615 g/mol. The number of nitrogens with one attached hydrogen (secondary N) is 2. The minimum absolute atomic E-state index is 0. The van der Waals surface area contributed by atoms with Gasteiger partial charge in [0, 0.05) is 53.3 Å². The van der Waals surface area contributed by atoms with Gasteiger partial charge in [-0.25, -0.2) is 0 Å². The van der Waals surface area contributed by atoms with Gasteiger partial charge in [-0.3, -0.25) is 20.2 Å². The molecule has 0 aliphatic carbocycles. The molecule has 0 fully saturated rings. The molecule has 2 aromatic rings. The van der Waals surface area contributed by atoms with Gasteiger partial charge >= 0.3 is 11.9 Å². The van der Waals surface area contributed by atoms with E-state index < -0.39 is 24.0 Å². The second kappa shape index (κ2) is 11.6. The summed E-state index contributed by atoms with van der Waals surface area (Å²) in [5.41, 5.74) is 0.364. The Bertz CT molecular complexity index is 812. The molecular formula is C18H18Br2N2O6Tc. The third-order valence-electron chi connectivity index (χ3n) is 3.92. The van der Waals surface area contributed by atoms with E-state index in [1.807, 2.05) is 0 Å². The smallest absolute Gasteiger partial charge is 0.325 e. The number of benzene rings is 2. The molecular weight excluding hydrogens is 599 g/mol. The molecule has 0 aliphatic rings. The standard InChI is InChI=1S/C18H18Br2N2O6.Tc/c19-9-1-3-13(23)11(7-9)15(17(25)26)21-5-6-22-16(18(27)28)12-8-10(20)2-4-14(12)24;/h1-4,7-8,15-16,21-24H,5-6H2,(H,25,26)(H,27,28);/i;1+1. The number of carboxylic acids is 2. The van der Waals surface area contributed by atoms with Gasteiger partial charge in [-0.05, 0) is 36.4 Å². The second-order valence-corrected chi connectivity index (χ2v) is 7.69. The van der Waals surface area contributed by atoms with Gasteiger partial charge in [0.15, 0.2) is 0 Å². The van der Waals surface area contributed by atoms with Gasteiger partial charge in [0.25, 0.3) is 0 Å². The van der Waals surface area contributed by atoms with Gasteiger partial charge in [-0.15, -0.1) is 0 Å². The minimum Gasteiger partial charge on any atom is -0.508 e. The molecule has 0 saturated heterocycles. The van der Waals surface area contributed by atoms with E-state index in [0.29, 0.717) is 8.95 Å². The molecule has 29 heavy (non-hydrogen) atoms. The first-order valence-electron chi connectivity index (χ1n) is 8.10. The van der Waals surface area contributed by atoms with Crippen molar-refractivity contribution in [2.75, 3.05) is 13.1 Å². The van der Waals surface area contributed by atoms with Crippen LogP contribution < -0.4 is 10.6 Å². The fourth-order valence-corrected chi connectivity index (χ4v) is 3.36. The molecule has 0 saturated carbocycles. The molecule has 2 unspecified atom stereocenters. The van der Waals surface area contributed by atoms with Crippen molar-refractivity contribution in [3.05, 3.63) is 56.5 Å². The number of carboxylic acid groups (broad SMARTS) is 2. The molecule has 2 atom stereocenters. The number of hydrogen-bond donors (Lipinski definition) is 6. The molecule has 0 bridgehead atoms. The SMILES string of the molecule is O=C(O)C(NCCNC(C(=O)O)c1cc(Br)ccc1O)c1cc(Br)ccc1O.[99Tc]. The van der Waals surface area contributed by atoms with Crippen LogP contribution >= 0.6 is 31.9 Å². The zero-order chi connectivity index (χ0) is 20.8. The van der Waals surface area contributed by atoms with E-state index in [0.717, 1.165) is 0 Å². The predicted molar refractivity (Wildman–Crippen MR) is 108 cm³/mol. The van der Waals surface area contributed by atoms with Crippen molar-refractivity contribution in [2.45, 2.75) is 12.1 Å². The number of aromatic hydroxyl groups is 2. The van der Waals surface area contributed by atoms with Crippen LogP contribution in [-0.2, 0) is 29.7 Å². The molecule has 1 radical (unpaired) electrons. The quantitative estimate of drug-likeness (QED) is 0.237. The van der Waals surface area contributed by atoms with Crippen molar-refractivity contribution in [1.82, 2.24) is 10.6 Å².